The molecule has 0 unspecified atom stereocenters. The summed E-state index contributed by atoms with van der Waals surface area (Å²) in [5.74, 6) is 1.22. The standard InChI is InChI=1S/C11H10N4O2/c12-11(13)7-1-2-8-9(5-7)15(3-4-16)10(17)6-14-8/h1-3,5,14H,6H2,(H3,12,13). The predicted octanol–water partition coefficient (Wildman–Crippen LogP) is 0.0745. The molecule has 0 aliphatic carbocycles. The molecule has 4 N–H and O–H groups in total. The van der Waals surface area contributed by atoms with E-state index >= 15 is 0 Å². The first-order chi connectivity index (χ1) is 8.13. The van der Waals surface area contributed by atoms with E-state index in [1.807, 2.05) is 0 Å². The Morgan fingerprint density at radius 2 is 2.35 bits per heavy atom. The van der Waals surface area contributed by atoms with E-state index in [1.54, 1.807) is 24.1 Å². The molecule has 1 aliphatic heterocycles. The monoisotopic (exact) mass is 230 g/mol. The van der Waals surface area contributed by atoms with E-state index in [2.05, 4.69) is 5.32 Å². The highest BCUT2D eigenvalue weighted by molar-refractivity contribution is 6.07. The lowest BCUT2D eigenvalue weighted by Crippen LogP contribution is -2.36. The van der Waals surface area contributed by atoms with Crippen molar-refractivity contribution in [1.29, 1.82) is 5.41 Å². The first-order valence-electron chi connectivity index (χ1n) is 4.89. The van der Waals surface area contributed by atoms with Gasteiger partial charge >= 0.3 is 0 Å². The molecule has 0 fully saturated rings. The van der Waals surface area contributed by atoms with Crippen LogP contribution in [0.3, 0.4) is 0 Å². The molecular formula is C11H10N4O2. The zero-order chi connectivity index (χ0) is 12.4. The highest BCUT2D eigenvalue weighted by atomic mass is 16.2. The van der Waals surface area contributed by atoms with Crippen molar-refractivity contribution in [3.8, 4) is 0 Å². The van der Waals surface area contributed by atoms with Crippen molar-refractivity contribution >= 4 is 29.1 Å². The molecule has 0 spiro atoms. The SMILES string of the molecule is N=C(N)c1ccc2c(c1)N(C=C=O)C(=O)CN2. The van der Waals surface area contributed by atoms with E-state index in [0.717, 1.165) is 6.20 Å². The molecule has 1 aromatic rings. The number of hydrogen-bond donors (Lipinski definition) is 3. The van der Waals surface area contributed by atoms with Crippen molar-refractivity contribution in [2.24, 2.45) is 5.73 Å². The Morgan fingerprint density at radius 1 is 1.59 bits per heavy atom. The number of nitrogens with one attached hydrogen (secondary N) is 2. The molecule has 0 saturated heterocycles. The first kappa shape index (κ1) is 10.9. The Balaban J connectivity index is 2.55. The summed E-state index contributed by atoms with van der Waals surface area (Å²) >= 11 is 0. The van der Waals surface area contributed by atoms with Crippen molar-refractivity contribution in [2.45, 2.75) is 0 Å². The van der Waals surface area contributed by atoms with Crippen molar-refractivity contribution in [2.75, 3.05) is 16.8 Å². The molecule has 0 aromatic heterocycles. The largest absolute Gasteiger partial charge is 0.384 e. The van der Waals surface area contributed by atoms with Gasteiger partial charge in [0.25, 0.3) is 5.91 Å². The molecule has 0 atom stereocenters. The second-order valence-corrected chi connectivity index (χ2v) is 3.51. The van der Waals surface area contributed by atoms with Crippen molar-refractivity contribution < 1.29 is 9.59 Å². The van der Waals surface area contributed by atoms with Gasteiger partial charge in [0.1, 0.15) is 11.8 Å². The number of hydrogen-bond acceptors (Lipinski definition) is 4. The summed E-state index contributed by atoms with van der Waals surface area (Å²) in [6.45, 7) is 0.116. The molecule has 6 heteroatoms. The van der Waals surface area contributed by atoms with E-state index in [9.17, 15) is 9.59 Å². The van der Waals surface area contributed by atoms with Crippen LogP contribution in [0.25, 0.3) is 0 Å². The lowest BCUT2D eigenvalue weighted by Gasteiger charge is -2.26. The molecule has 0 radical (unpaired) electrons. The minimum Gasteiger partial charge on any atom is -0.384 e. The summed E-state index contributed by atoms with van der Waals surface area (Å²) in [6.07, 6.45) is 1.03. The Kier molecular flexibility index (Phi) is 2.64. The van der Waals surface area contributed by atoms with Crippen LogP contribution in [0, 0.1) is 5.41 Å². The molecule has 6 nitrogen and oxygen atoms in total. The Hall–Kier alpha value is -2.59. The number of rotatable bonds is 2. The number of carbonyl (C=O) groups is 1. The minimum absolute atomic E-state index is 0.0964. The maximum absolute atomic E-state index is 11.6. The molecule has 86 valence electrons. The van der Waals surface area contributed by atoms with E-state index in [0.29, 0.717) is 16.9 Å². The van der Waals surface area contributed by atoms with Crippen LogP contribution in [-0.4, -0.2) is 24.2 Å². The second-order valence-electron chi connectivity index (χ2n) is 3.51. The molecule has 1 aliphatic rings. The van der Waals surface area contributed by atoms with Crippen LogP contribution >= 0.6 is 0 Å². The zero-order valence-corrected chi connectivity index (χ0v) is 8.86. The lowest BCUT2D eigenvalue weighted by molar-refractivity contribution is -0.116. The maximum atomic E-state index is 11.6. The molecule has 2 rings (SSSR count). The second kappa shape index (κ2) is 4.11. The Bertz CT molecular complexity index is 546. The average molecular weight is 230 g/mol. The third kappa shape index (κ3) is 1.89. The van der Waals surface area contributed by atoms with Crippen LogP contribution in [0.1, 0.15) is 5.56 Å². The fourth-order valence-corrected chi connectivity index (χ4v) is 1.63. The van der Waals surface area contributed by atoms with Gasteiger partial charge in [0, 0.05) is 5.56 Å². The quantitative estimate of drug-likeness (QED) is 0.380. The number of nitrogen functional groups attached to an aromatic ring is 1. The summed E-state index contributed by atoms with van der Waals surface area (Å²) < 4.78 is 0. The smallest absolute Gasteiger partial charge is 0.251 e. The number of nitrogens with two attached hydrogens (primary N) is 1. The van der Waals surface area contributed by atoms with Crippen LogP contribution < -0.4 is 16.0 Å². The van der Waals surface area contributed by atoms with Crippen molar-refractivity contribution in [3.63, 3.8) is 0 Å². The Labute approximate surface area is 97.2 Å². The van der Waals surface area contributed by atoms with Gasteiger partial charge in [-0.1, -0.05) is 0 Å². The van der Waals surface area contributed by atoms with Gasteiger partial charge < -0.3 is 11.1 Å². The normalized spacial score (nSPS) is 13.4. The summed E-state index contributed by atoms with van der Waals surface area (Å²) in [7, 11) is 0. The van der Waals surface area contributed by atoms with Gasteiger partial charge in [-0.3, -0.25) is 15.1 Å². The van der Waals surface area contributed by atoms with Gasteiger partial charge in [-0.05, 0) is 18.2 Å². The van der Waals surface area contributed by atoms with Crippen LogP contribution in [-0.2, 0) is 9.59 Å². The van der Waals surface area contributed by atoms with Gasteiger partial charge in [0.05, 0.1) is 24.1 Å². The minimum atomic E-state index is -0.262. The number of nitrogens with zero attached hydrogens (tertiary/aromatic N) is 1. The van der Waals surface area contributed by atoms with E-state index in [-0.39, 0.29) is 18.3 Å². The number of amides is 1. The summed E-state index contributed by atoms with van der Waals surface area (Å²) in [6, 6.07) is 4.96. The highest BCUT2D eigenvalue weighted by Gasteiger charge is 2.22. The molecule has 1 heterocycles. The first-order valence-corrected chi connectivity index (χ1v) is 4.89. The third-order valence-electron chi connectivity index (χ3n) is 2.45. The highest BCUT2D eigenvalue weighted by Crippen LogP contribution is 2.30. The van der Waals surface area contributed by atoms with Crippen LogP contribution in [0.5, 0.6) is 0 Å². The molecule has 1 aromatic carbocycles. The molecular weight excluding hydrogens is 220 g/mol. The van der Waals surface area contributed by atoms with E-state index in [1.165, 1.54) is 4.90 Å². The van der Waals surface area contributed by atoms with Gasteiger partial charge in [-0.2, -0.15) is 0 Å². The average Bonchev–Trinajstić information content (AvgIpc) is 2.32. The summed E-state index contributed by atoms with van der Waals surface area (Å²) in [5.41, 5.74) is 7.07. The number of anilines is 2. The maximum Gasteiger partial charge on any atom is 0.251 e. The summed E-state index contributed by atoms with van der Waals surface area (Å²) in [5, 5.41) is 10.3. The number of amidine groups is 1. The van der Waals surface area contributed by atoms with Gasteiger partial charge in [-0.15, -0.1) is 0 Å². The molecule has 0 saturated carbocycles. The zero-order valence-electron chi connectivity index (χ0n) is 8.86. The predicted molar refractivity (Wildman–Crippen MR) is 63.7 cm³/mol. The number of benzene rings is 1. The molecule has 17 heavy (non-hydrogen) atoms. The van der Waals surface area contributed by atoms with Gasteiger partial charge in [0.15, 0.2) is 0 Å². The fourth-order valence-electron chi connectivity index (χ4n) is 1.63. The van der Waals surface area contributed by atoms with Gasteiger partial charge in [-0.25, -0.2) is 4.79 Å². The fraction of sp³-hybridized carbons (Fsp3) is 0.0909. The molecule has 1 amide bonds. The third-order valence-corrected chi connectivity index (χ3v) is 2.45. The van der Waals surface area contributed by atoms with Gasteiger partial charge in [0.2, 0.25) is 0 Å². The lowest BCUT2D eigenvalue weighted by atomic mass is 10.1. The number of carbonyl (C=O) groups excluding carboxylic acids is 2. The van der Waals surface area contributed by atoms with Crippen molar-refractivity contribution in [1.82, 2.24) is 0 Å². The topological polar surface area (TPSA) is 99.3 Å². The van der Waals surface area contributed by atoms with E-state index in [4.69, 9.17) is 11.1 Å². The van der Waals surface area contributed by atoms with Crippen LogP contribution in [0.2, 0.25) is 0 Å². The van der Waals surface area contributed by atoms with E-state index < -0.39 is 0 Å². The Morgan fingerprint density at radius 3 is 3.00 bits per heavy atom. The van der Waals surface area contributed by atoms with Crippen LogP contribution in [0.15, 0.2) is 24.4 Å². The molecule has 0 bridgehead atoms. The summed E-state index contributed by atoms with van der Waals surface area (Å²) in [4.78, 5) is 23.2. The van der Waals surface area contributed by atoms with Crippen molar-refractivity contribution in [3.05, 3.63) is 30.0 Å². The number of fused-ring (bicyclic) bond motifs is 1. The van der Waals surface area contributed by atoms with Crippen LogP contribution in [0.4, 0.5) is 11.4 Å².